The Balaban J connectivity index is 2.08. The molecule has 0 N–H and O–H groups in total. The molecule has 0 heterocycles. The van der Waals surface area contributed by atoms with Gasteiger partial charge in [0.05, 0.1) is 0 Å². The fourth-order valence-corrected chi connectivity index (χ4v) is 3.12. The van der Waals surface area contributed by atoms with Gasteiger partial charge in [-0.05, 0) is 37.7 Å². The van der Waals surface area contributed by atoms with Gasteiger partial charge in [0.2, 0.25) is 0 Å². The maximum Gasteiger partial charge on any atom is 0.333 e. The molecule has 1 saturated carbocycles. The summed E-state index contributed by atoms with van der Waals surface area (Å²) in [5, 5.41) is 0. The minimum absolute atomic E-state index is 0.0177. The molecular formula is C19H26O2. The lowest BCUT2D eigenvalue weighted by atomic mass is 9.81. The van der Waals surface area contributed by atoms with Crippen molar-refractivity contribution in [2.24, 2.45) is 5.92 Å². The zero-order valence-corrected chi connectivity index (χ0v) is 13.3. The highest BCUT2D eigenvalue weighted by atomic mass is 16.5. The molecular weight excluding hydrogens is 260 g/mol. The van der Waals surface area contributed by atoms with Crippen LogP contribution in [0.4, 0.5) is 0 Å². The van der Waals surface area contributed by atoms with Crippen molar-refractivity contribution >= 4 is 5.97 Å². The highest BCUT2D eigenvalue weighted by Gasteiger charge is 2.29. The molecule has 21 heavy (non-hydrogen) atoms. The Hall–Kier alpha value is -1.57. The Morgan fingerprint density at radius 2 is 1.86 bits per heavy atom. The van der Waals surface area contributed by atoms with E-state index in [1.807, 2.05) is 19.1 Å². The Labute approximate surface area is 128 Å². The molecule has 1 aliphatic rings. The largest absolute Gasteiger partial charge is 0.458 e. The van der Waals surface area contributed by atoms with Crippen LogP contribution in [-0.4, -0.2) is 12.1 Å². The van der Waals surface area contributed by atoms with Crippen LogP contribution in [0.15, 0.2) is 42.0 Å². The number of carbonyl (C=O) groups is 1. The second kappa shape index (κ2) is 7.44. The van der Waals surface area contributed by atoms with Crippen molar-refractivity contribution in [3.8, 4) is 0 Å². The van der Waals surface area contributed by atoms with Crippen LogP contribution in [0.1, 0.15) is 57.9 Å². The molecule has 2 atom stereocenters. The maximum absolute atomic E-state index is 12.2. The highest BCUT2D eigenvalue weighted by Crippen LogP contribution is 2.35. The van der Waals surface area contributed by atoms with E-state index in [1.165, 1.54) is 12.0 Å². The fourth-order valence-electron chi connectivity index (χ4n) is 3.12. The Morgan fingerprint density at radius 1 is 1.19 bits per heavy atom. The smallest absolute Gasteiger partial charge is 0.333 e. The number of hydrogen-bond acceptors (Lipinski definition) is 2. The van der Waals surface area contributed by atoms with Gasteiger partial charge in [-0.2, -0.15) is 0 Å². The van der Waals surface area contributed by atoms with E-state index in [1.54, 1.807) is 0 Å². The first-order valence-electron chi connectivity index (χ1n) is 8.02. The van der Waals surface area contributed by atoms with E-state index in [0.29, 0.717) is 11.8 Å². The molecule has 0 bridgehead atoms. The quantitative estimate of drug-likeness (QED) is 0.583. The lowest BCUT2D eigenvalue weighted by molar-refractivity contribution is -0.146. The van der Waals surface area contributed by atoms with Gasteiger partial charge in [-0.3, -0.25) is 0 Å². The molecule has 0 unspecified atom stereocenters. The number of rotatable bonds is 4. The first-order valence-corrected chi connectivity index (χ1v) is 8.02. The number of allylic oxidation sites excluding steroid dienone is 1. The minimum atomic E-state index is -0.156. The van der Waals surface area contributed by atoms with Crippen molar-refractivity contribution in [2.75, 3.05) is 0 Å². The van der Waals surface area contributed by atoms with Gasteiger partial charge in [0, 0.05) is 11.5 Å². The summed E-state index contributed by atoms with van der Waals surface area (Å²) in [5.41, 5.74) is 2.02. The summed E-state index contributed by atoms with van der Waals surface area (Å²) < 4.78 is 5.81. The monoisotopic (exact) mass is 286 g/mol. The third-order valence-electron chi connectivity index (χ3n) is 4.09. The zero-order chi connectivity index (χ0) is 15.2. The summed E-state index contributed by atoms with van der Waals surface area (Å²) in [4.78, 5) is 12.2. The van der Waals surface area contributed by atoms with Crippen LogP contribution in [-0.2, 0) is 9.53 Å². The molecule has 0 saturated heterocycles. The molecule has 0 amide bonds. The lowest BCUT2D eigenvalue weighted by Gasteiger charge is -2.31. The van der Waals surface area contributed by atoms with Crippen LogP contribution in [0.3, 0.4) is 0 Å². The molecule has 0 aliphatic heterocycles. The summed E-state index contributed by atoms with van der Waals surface area (Å²) in [6.07, 6.45) is 6.43. The van der Waals surface area contributed by atoms with E-state index in [2.05, 4.69) is 38.1 Å². The van der Waals surface area contributed by atoms with Crippen molar-refractivity contribution in [3.05, 3.63) is 47.5 Å². The molecule has 0 radical (unpaired) electrons. The van der Waals surface area contributed by atoms with Crippen molar-refractivity contribution in [1.29, 1.82) is 0 Å². The molecule has 2 heteroatoms. The highest BCUT2D eigenvalue weighted by molar-refractivity contribution is 5.87. The van der Waals surface area contributed by atoms with Gasteiger partial charge >= 0.3 is 5.97 Å². The SMILES string of the molecule is C/C(=C\C(C)C)C(=O)O[C@H]1CCCC[C@@H]1c1ccccc1. The van der Waals surface area contributed by atoms with Crippen molar-refractivity contribution < 1.29 is 9.53 Å². The van der Waals surface area contributed by atoms with E-state index in [0.717, 1.165) is 24.8 Å². The third-order valence-corrected chi connectivity index (χ3v) is 4.09. The summed E-state index contributed by atoms with van der Waals surface area (Å²) in [6.45, 7) is 6.00. The van der Waals surface area contributed by atoms with Gasteiger partial charge in [-0.15, -0.1) is 0 Å². The second-order valence-corrected chi connectivity index (χ2v) is 6.34. The number of esters is 1. The molecule has 2 nitrogen and oxygen atoms in total. The van der Waals surface area contributed by atoms with Crippen LogP contribution in [0.2, 0.25) is 0 Å². The number of ether oxygens (including phenoxy) is 1. The van der Waals surface area contributed by atoms with Crippen LogP contribution in [0.25, 0.3) is 0 Å². The molecule has 0 aromatic heterocycles. The van der Waals surface area contributed by atoms with Gasteiger partial charge < -0.3 is 4.74 Å². The Morgan fingerprint density at radius 3 is 2.52 bits per heavy atom. The molecule has 114 valence electrons. The fraction of sp³-hybridized carbons (Fsp3) is 0.526. The standard InChI is InChI=1S/C19H26O2/c1-14(2)13-15(3)19(20)21-18-12-8-7-11-17(18)16-9-5-4-6-10-16/h4-6,9-10,13-14,17-18H,7-8,11-12H2,1-3H3/b15-13+/t17-,18+/m1/s1. The first-order chi connectivity index (χ1) is 10.1. The van der Waals surface area contributed by atoms with Crippen molar-refractivity contribution in [3.63, 3.8) is 0 Å². The van der Waals surface area contributed by atoms with Crippen LogP contribution >= 0.6 is 0 Å². The van der Waals surface area contributed by atoms with Crippen LogP contribution in [0.5, 0.6) is 0 Å². The predicted molar refractivity (Wildman–Crippen MR) is 86.1 cm³/mol. The predicted octanol–water partition coefficient (Wildman–Crippen LogP) is 4.86. The third kappa shape index (κ3) is 4.45. The van der Waals surface area contributed by atoms with E-state index in [9.17, 15) is 4.79 Å². The van der Waals surface area contributed by atoms with Crippen LogP contribution < -0.4 is 0 Å². The van der Waals surface area contributed by atoms with Gasteiger partial charge in [-0.1, -0.05) is 56.7 Å². The topological polar surface area (TPSA) is 26.3 Å². The molecule has 1 aliphatic carbocycles. The molecule has 0 spiro atoms. The Bertz CT molecular complexity index is 488. The first kappa shape index (κ1) is 15.8. The normalized spacial score (nSPS) is 23.1. The van der Waals surface area contributed by atoms with Crippen molar-refractivity contribution in [2.45, 2.75) is 58.5 Å². The van der Waals surface area contributed by atoms with Gasteiger partial charge in [0.15, 0.2) is 0 Å². The summed E-state index contributed by atoms with van der Waals surface area (Å²) in [5.74, 6) is 0.557. The molecule has 1 aromatic carbocycles. The Kier molecular flexibility index (Phi) is 5.60. The zero-order valence-electron chi connectivity index (χ0n) is 13.3. The van der Waals surface area contributed by atoms with E-state index in [4.69, 9.17) is 4.74 Å². The number of benzene rings is 1. The second-order valence-electron chi connectivity index (χ2n) is 6.34. The summed E-state index contributed by atoms with van der Waals surface area (Å²) in [6, 6.07) is 10.4. The van der Waals surface area contributed by atoms with Crippen molar-refractivity contribution in [1.82, 2.24) is 0 Å². The van der Waals surface area contributed by atoms with E-state index in [-0.39, 0.29) is 12.1 Å². The maximum atomic E-state index is 12.2. The van der Waals surface area contributed by atoms with E-state index < -0.39 is 0 Å². The van der Waals surface area contributed by atoms with Gasteiger partial charge in [-0.25, -0.2) is 4.79 Å². The lowest BCUT2D eigenvalue weighted by Crippen LogP contribution is -2.29. The number of carbonyl (C=O) groups excluding carboxylic acids is 1. The molecule has 2 rings (SSSR count). The van der Waals surface area contributed by atoms with Gasteiger partial charge in [0.1, 0.15) is 6.10 Å². The molecule has 1 aromatic rings. The van der Waals surface area contributed by atoms with E-state index >= 15 is 0 Å². The number of hydrogen-bond donors (Lipinski definition) is 0. The summed E-state index contributed by atoms with van der Waals surface area (Å²) >= 11 is 0. The van der Waals surface area contributed by atoms with Crippen LogP contribution in [0, 0.1) is 5.92 Å². The average Bonchev–Trinajstić information content (AvgIpc) is 2.48. The average molecular weight is 286 g/mol. The molecule has 1 fully saturated rings. The van der Waals surface area contributed by atoms with Gasteiger partial charge in [0.25, 0.3) is 0 Å². The summed E-state index contributed by atoms with van der Waals surface area (Å²) in [7, 11) is 0. The minimum Gasteiger partial charge on any atom is -0.458 e.